The van der Waals surface area contributed by atoms with E-state index in [0.29, 0.717) is 5.13 Å². The van der Waals surface area contributed by atoms with Crippen LogP contribution in [-0.4, -0.2) is 30.6 Å². The van der Waals surface area contributed by atoms with E-state index in [2.05, 4.69) is 10.3 Å². The predicted molar refractivity (Wildman–Crippen MR) is 67.2 cm³/mol. The third-order valence-corrected chi connectivity index (χ3v) is 2.98. The largest absolute Gasteiger partial charge is 0.370 e. The van der Waals surface area contributed by atoms with Crippen molar-refractivity contribution in [3.63, 3.8) is 0 Å². The van der Waals surface area contributed by atoms with Crippen molar-refractivity contribution >= 4 is 34.8 Å². The first-order valence-electron chi connectivity index (χ1n) is 4.69. The minimum atomic E-state index is -0.612. The summed E-state index contributed by atoms with van der Waals surface area (Å²) in [5.41, 5.74) is 5.37. The van der Waals surface area contributed by atoms with Gasteiger partial charge in [0.25, 0.3) is 5.91 Å². The third kappa shape index (κ3) is 4.05. The van der Waals surface area contributed by atoms with Crippen molar-refractivity contribution in [1.82, 2.24) is 4.98 Å². The highest BCUT2D eigenvalue weighted by Crippen LogP contribution is 2.18. The first-order chi connectivity index (χ1) is 7.21. The number of hydrogen-bond acceptors (Lipinski definition) is 5. The number of amides is 1. The summed E-state index contributed by atoms with van der Waals surface area (Å²) >= 11 is 1.46. The molecule has 0 fully saturated rings. The maximum absolute atomic E-state index is 11.5. The number of methoxy groups -OCH3 is 1. The molecule has 92 valence electrons. The Morgan fingerprint density at radius 3 is 2.88 bits per heavy atom. The van der Waals surface area contributed by atoms with Crippen LogP contribution in [0.15, 0.2) is 6.20 Å². The fraction of sp³-hybridized carbons (Fsp3) is 0.556. The fourth-order valence-electron chi connectivity index (χ4n) is 1.02. The van der Waals surface area contributed by atoms with E-state index in [4.69, 9.17) is 10.5 Å². The summed E-state index contributed by atoms with van der Waals surface area (Å²) < 4.78 is 4.91. The van der Waals surface area contributed by atoms with Crippen molar-refractivity contribution in [3.8, 4) is 0 Å². The lowest BCUT2D eigenvalue weighted by molar-refractivity contribution is -0.125. The number of carbonyl (C=O) groups excluding carboxylic acids is 1. The molecule has 1 aromatic heterocycles. The number of nitrogens with one attached hydrogen (secondary N) is 1. The summed E-state index contributed by atoms with van der Waals surface area (Å²) in [6.45, 7) is 2.20. The molecule has 3 N–H and O–H groups in total. The summed E-state index contributed by atoms with van der Waals surface area (Å²) in [4.78, 5) is 16.7. The molecule has 5 nitrogen and oxygen atoms in total. The standard InChI is InChI=1S/C9H15N3O2S.ClH/c1-3-6-5-11-9(15-6)12-8(13)7(4-10)14-2;/h5,7H,3-4,10H2,1-2H3,(H,11,12,13);1H. The number of nitrogens with two attached hydrogens (primary N) is 1. The SMILES string of the molecule is CCc1cnc(NC(=O)C(CN)OC)s1.Cl. The number of rotatable bonds is 5. The molecule has 1 rings (SSSR count). The van der Waals surface area contributed by atoms with Crippen LogP contribution in [0.2, 0.25) is 0 Å². The van der Waals surface area contributed by atoms with Gasteiger partial charge in [-0.1, -0.05) is 6.92 Å². The number of hydrogen-bond donors (Lipinski definition) is 2. The van der Waals surface area contributed by atoms with Gasteiger partial charge in [-0.25, -0.2) is 4.98 Å². The van der Waals surface area contributed by atoms with Gasteiger partial charge >= 0.3 is 0 Å². The van der Waals surface area contributed by atoms with E-state index < -0.39 is 6.10 Å². The second kappa shape index (κ2) is 7.56. The van der Waals surface area contributed by atoms with Gasteiger partial charge in [0, 0.05) is 24.7 Å². The number of ether oxygens (including phenoxy) is 1. The fourth-order valence-corrected chi connectivity index (χ4v) is 1.78. The molecule has 1 heterocycles. The van der Waals surface area contributed by atoms with E-state index >= 15 is 0 Å². The molecule has 0 spiro atoms. The minimum Gasteiger partial charge on any atom is -0.370 e. The molecule has 0 aliphatic rings. The number of aromatic nitrogens is 1. The van der Waals surface area contributed by atoms with Crippen LogP contribution in [0.25, 0.3) is 0 Å². The highest BCUT2D eigenvalue weighted by molar-refractivity contribution is 7.15. The van der Waals surface area contributed by atoms with Crippen molar-refractivity contribution in [2.45, 2.75) is 19.4 Å². The van der Waals surface area contributed by atoms with Gasteiger partial charge < -0.3 is 10.5 Å². The molecule has 7 heteroatoms. The first kappa shape index (κ1) is 15.3. The molecule has 1 aromatic rings. The highest BCUT2D eigenvalue weighted by atomic mass is 35.5. The van der Waals surface area contributed by atoms with Crippen molar-refractivity contribution in [3.05, 3.63) is 11.1 Å². The lowest BCUT2D eigenvalue weighted by Crippen LogP contribution is -2.35. The van der Waals surface area contributed by atoms with Crippen LogP contribution >= 0.6 is 23.7 Å². The van der Waals surface area contributed by atoms with Gasteiger partial charge in [0.05, 0.1) is 0 Å². The van der Waals surface area contributed by atoms with E-state index in [-0.39, 0.29) is 24.9 Å². The number of thiazole rings is 1. The molecule has 0 radical (unpaired) electrons. The Morgan fingerprint density at radius 1 is 1.75 bits per heavy atom. The molecule has 0 aliphatic heterocycles. The van der Waals surface area contributed by atoms with E-state index in [0.717, 1.165) is 11.3 Å². The Kier molecular flexibility index (Phi) is 7.24. The molecular weight excluding hydrogens is 250 g/mol. The Morgan fingerprint density at radius 2 is 2.44 bits per heavy atom. The van der Waals surface area contributed by atoms with Crippen LogP contribution in [0.4, 0.5) is 5.13 Å². The van der Waals surface area contributed by atoms with Gasteiger partial charge in [0.2, 0.25) is 0 Å². The lowest BCUT2D eigenvalue weighted by Gasteiger charge is -2.10. The van der Waals surface area contributed by atoms with Gasteiger partial charge in [-0.3, -0.25) is 10.1 Å². The lowest BCUT2D eigenvalue weighted by atomic mass is 10.3. The first-order valence-corrected chi connectivity index (χ1v) is 5.51. The van der Waals surface area contributed by atoms with E-state index in [1.807, 2.05) is 6.92 Å². The number of halogens is 1. The molecule has 0 aromatic carbocycles. The highest BCUT2D eigenvalue weighted by Gasteiger charge is 2.16. The smallest absolute Gasteiger partial charge is 0.256 e. The van der Waals surface area contributed by atoms with Crippen LogP contribution in [-0.2, 0) is 16.0 Å². The van der Waals surface area contributed by atoms with E-state index in [1.54, 1.807) is 6.20 Å². The monoisotopic (exact) mass is 265 g/mol. The Bertz CT molecular complexity index is 328. The van der Waals surface area contributed by atoms with E-state index in [1.165, 1.54) is 18.4 Å². The number of carbonyl (C=O) groups is 1. The molecule has 1 unspecified atom stereocenters. The zero-order chi connectivity index (χ0) is 11.3. The normalized spacial score (nSPS) is 11.7. The van der Waals surface area contributed by atoms with Crippen molar-refractivity contribution < 1.29 is 9.53 Å². The van der Waals surface area contributed by atoms with Crippen molar-refractivity contribution in [2.24, 2.45) is 5.73 Å². The molecule has 1 amide bonds. The molecule has 0 bridgehead atoms. The molecule has 16 heavy (non-hydrogen) atoms. The molecule has 0 saturated heterocycles. The van der Waals surface area contributed by atoms with Crippen molar-refractivity contribution in [2.75, 3.05) is 19.0 Å². The van der Waals surface area contributed by atoms with Crippen LogP contribution in [0.3, 0.4) is 0 Å². The zero-order valence-corrected chi connectivity index (χ0v) is 10.9. The summed E-state index contributed by atoms with van der Waals surface area (Å²) in [5, 5.41) is 3.25. The maximum Gasteiger partial charge on any atom is 0.256 e. The van der Waals surface area contributed by atoms with Crippen molar-refractivity contribution in [1.29, 1.82) is 0 Å². The summed E-state index contributed by atoms with van der Waals surface area (Å²) in [6.07, 6.45) is 2.06. The van der Waals surface area contributed by atoms with E-state index in [9.17, 15) is 4.79 Å². The zero-order valence-electron chi connectivity index (χ0n) is 9.23. The van der Waals surface area contributed by atoms with Gasteiger partial charge in [-0.2, -0.15) is 0 Å². The second-order valence-electron chi connectivity index (χ2n) is 2.93. The Hall–Kier alpha value is -0.690. The van der Waals surface area contributed by atoms with Crippen LogP contribution < -0.4 is 11.1 Å². The van der Waals surface area contributed by atoms with Crippen LogP contribution in [0.1, 0.15) is 11.8 Å². The van der Waals surface area contributed by atoms with Gasteiger partial charge in [0.15, 0.2) is 5.13 Å². The summed E-state index contributed by atoms with van der Waals surface area (Å²) in [6, 6.07) is 0. The second-order valence-corrected chi connectivity index (χ2v) is 4.05. The predicted octanol–water partition coefficient (Wildman–Crippen LogP) is 1.04. The average Bonchev–Trinajstić information content (AvgIpc) is 2.67. The molecule has 0 saturated carbocycles. The number of anilines is 1. The topological polar surface area (TPSA) is 77.2 Å². The van der Waals surface area contributed by atoms with Crippen LogP contribution in [0.5, 0.6) is 0 Å². The maximum atomic E-state index is 11.5. The van der Waals surface area contributed by atoms with Gasteiger partial charge in [-0.05, 0) is 6.42 Å². The number of aryl methyl sites for hydroxylation is 1. The number of nitrogens with zero attached hydrogens (tertiary/aromatic N) is 1. The molecular formula is C9H16ClN3O2S. The minimum absolute atomic E-state index is 0. The summed E-state index contributed by atoms with van der Waals surface area (Å²) in [7, 11) is 1.45. The van der Waals surface area contributed by atoms with Gasteiger partial charge in [0.1, 0.15) is 6.10 Å². The van der Waals surface area contributed by atoms with Gasteiger partial charge in [-0.15, -0.1) is 23.7 Å². The summed E-state index contributed by atoms with van der Waals surface area (Å²) in [5.74, 6) is -0.253. The average molecular weight is 266 g/mol. The Labute approximate surface area is 105 Å². The van der Waals surface area contributed by atoms with Crippen LogP contribution in [0, 0.1) is 0 Å². The third-order valence-electron chi connectivity index (χ3n) is 1.92. The quantitative estimate of drug-likeness (QED) is 0.834. The Balaban J connectivity index is 0.00000225. The molecule has 0 aliphatic carbocycles. The molecule has 1 atom stereocenters.